The maximum Gasteiger partial charge on any atom is 0.0950 e. The summed E-state index contributed by atoms with van der Waals surface area (Å²) in [7, 11) is 0. The van der Waals surface area contributed by atoms with E-state index in [1.807, 2.05) is 10.9 Å². The third-order valence-corrected chi connectivity index (χ3v) is 2.56. The molecule has 5 nitrogen and oxygen atoms in total. The summed E-state index contributed by atoms with van der Waals surface area (Å²) in [5.41, 5.74) is 6.59. The molecule has 0 bridgehead atoms. The molecule has 0 spiro atoms. The van der Waals surface area contributed by atoms with Gasteiger partial charge in [0.1, 0.15) is 0 Å². The average molecular weight is 210 g/mol. The lowest BCUT2D eigenvalue weighted by Gasteiger charge is -2.25. The Morgan fingerprint density at radius 2 is 2.20 bits per heavy atom. The second-order valence-electron chi connectivity index (χ2n) is 3.78. The molecule has 0 aliphatic carbocycles. The zero-order chi connectivity index (χ0) is 10.5. The SMILES string of the molecule is NCCn1cnc(CN2CCOCC2)c1. The molecule has 1 aliphatic heterocycles. The van der Waals surface area contributed by atoms with Gasteiger partial charge in [0.25, 0.3) is 0 Å². The van der Waals surface area contributed by atoms with Crippen LogP contribution in [0.5, 0.6) is 0 Å². The fourth-order valence-corrected chi connectivity index (χ4v) is 1.75. The molecule has 0 aromatic carbocycles. The van der Waals surface area contributed by atoms with Crippen LogP contribution in [0.25, 0.3) is 0 Å². The Morgan fingerprint density at radius 1 is 1.40 bits per heavy atom. The predicted molar refractivity (Wildman–Crippen MR) is 57.4 cm³/mol. The Labute approximate surface area is 89.8 Å². The highest BCUT2D eigenvalue weighted by molar-refractivity contribution is 4.96. The largest absolute Gasteiger partial charge is 0.379 e. The molecule has 2 N–H and O–H groups in total. The van der Waals surface area contributed by atoms with Crippen LogP contribution in [-0.4, -0.2) is 47.3 Å². The smallest absolute Gasteiger partial charge is 0.0950 e. The third kappa shape index (κ3) is 3.02. The van der Waals surface area contributed by atoms with E-state index in [1.54, 1.807) is 0 Å². The topological polar surface area (TPSA) is 56.3 Å². The van der Waals surface area contributed by atoms with Gasteiger partial charge in [0.05, 0.1) is 25.2 Å². The molecule has 0 atom stereocenters. The Morgan fingerprint density at radius 3 is 2.93 bits per heavy atom. The van der Waals surface area contributed by atoms with Crippen molar-refractivity contribution in [1.82, 2.24) is 14.5 Å². The zero-order valence-electron chi connectivity index (χ0n) is 8.93. The van der Waals surface area contributed by atoms with E-state index in [4.69, 9.17) is 10.5 Å². The number of hydrogen-bond acceptors (Lipinski definition) is 4. The Balaban J connectivity index is 1.86. The van der Waals surface area contributed by atoms with E-state index in [9.17, 15) is 0 Å². The first-order valence-electron chi connectivity index (χ1n) is 5.39. The second kappa shape index (κ2) is 5.25. The summed E-state index contributed by atoms with van der Waals surface area (Å²) in [6.07, 6.45) is 3.92. The molecular weight excluding hydrogens is 192 g/mol. The van der Waals surface area contributed by atoms with E-state index in [2.05, 4.69) is 16.1 Å². The lowest BCUT2D eigenvalue weighted by molar-refractivity contribution is 0.0337. The number of rotatable bonds is 4. The molecule has 2 rings (SSSR count). The van der Waals surface area contributed by atoms with Crippen LogP contribution in [0, 0.1) is 0 Å². The molecule has 1 aromatic rings. The van der Waals surface area contributed by atoms with Crippen molar-refractivity contribution >= 4 is 0 Å². The van der Waals surface area contributed by atoms with Crippen LogP contribution < -0.4 is 5.73 Å². The normalized spacial score (nSPS) is 18.2. The number of nitrogens with zero attached hydrogens (tertiary/aromatic N) is 3. The molecule has 1 saturated heterocycles. The standard InChI is InChI=1S/C10H18N4O/c11-1-2-14-8-10(12-9-14)7-13-3-5-15-6-4-13/h8-9H,1-7,11H2. The molecule has 0 unspecified atom stereocenters. The lowest BCUT2D eigenvalue weighted by atomic mass is 10.3. The summed E-state index contributed by atoms with van der Waals surface area (Å²) in [4.78, 5) is 6.71. The van der Waals surface area contributed by atoms with Crippen molar-refractivity contribution in [2.45, 2.75) is 13.1 Å². The summed E-state index contributed by atoms with van der Waals surface area (Å²) in [5, 5.41) is 0. The van der Waals surface area contributed by atoms with E-state index < -0.39 is 0 Å². The van der Waals surface area contributed by atoms with Crippen LogP contribution in [0.4, 0.5) is 0 Å². The first kappa shape index (κ1) is 10.6. The van der Waals surface area contributed by atoms with Gasteiger partial charge in [0, 0.05) is 38.9 Å². The molecule has 0 saturated carbocycles. The highest BCUT2D eigenvalue weighted by Crippen LogP contribution is 2.04. The van der Waals surface area contributed by atoms with Crippen molar-refractivity contribution in [2.24, 2.45) is 5.73 Å². The molecule has 15 heavy (non-hydrogen) atoms. The Kier molecular flexibility index (Phi) is 3.71. The molecule has 0 radical (unpaired) electrons. The molecular formula is C10H18N4O. The maximum atomic E-state index is 5.48. The van der Waals surface area contributed by atoms with Gasteiger partial charge in [-0.3, -0.25) is 4.90 Å². The highest BCUT2D eigenvalue weighted by atomic mass is 16.5. The van der Waals surface area contributed by atoms with Gasteiger partial charge in [0.15, 0.2) is 0 Å². The van der Waals surface area contributed by atoms with Gasteiger partial charge < -0.3 is 15.0 Å². The molecule has 5 heteroatoms. The summed E-state index contributed by atoms with van der Waals surface area (Å²) < 4.78 is 7.33. The van der Waals surface area contributed by atoms with Crippen LogP contribution in [0.1, 0.15) is 5.69 Å². The number of morpholine rings is 1. The van der Waals surface area contributed by atoms with Gasteiger partial charge in [-0.1, -0.05) is 0 Å². The van der Waals surface area contributed by atoms with Crippen molar-refractivity contribution in [3.63, 3.8) is 0 Å². The fraction of sp³-hybridized carbons (Fsp3) is 0.700. The van der Waals surface area contributed by atoms with Gasteiger partial charge in [-0.2, -0.15) is 0 Å². The lowest BCUT2D eigenvalue weighted by Crippen LogP contribution is -2.35. The highest BCUT2D eigenvalue weighted by Gasteiger charge is 2.11. The number of aromatic nitrogens is 2. The fourth-order valence-electron chi connectivity index (χ4n) is 1.75. The van der Waals surface area contributed by atoms with E-state index in [1.165, 1.54) is 0 Å². The minimum atomic E-state index is 0.660. The Hall–Kier alpha value is -0.910. The minimum absolute atomic E-state index is 0.660. The van der Waals surface area contributed by atoms with Crippen molar-refractivity contribution in [3.8, 4) is 0 Å². The number of ether oxygens (including phenoxy) is 1. The van der Waals surface area contributed by atoms with Crippen molar-refractivity contribution in [1.29, 1.82) is 0 Å². The van der Waals surface area contributed by atoms with Crippen molar-refractivity contribution in [2.75, 3.05) is 32.8 Å². The first-order chi connectivity index (χ1) is 7.38. The van der Waals surface area contributed by atoms with E-state index in [0.717, 1.165) is 45.1 Å². The minimum Gasteiger partial charge on any atom is -0.379 e. The summed E-state index contributed by atoms with van der Waals surface area (Å²) >= 11 is 0. The zero-order valence-corrected chi connectivity index (χ0v) is 8.93. The van der Waals surface area contributed by atoms with E-state index in [-0.39, 0.29) is 0 Å². The molecule has 1 aliphatic rings. The average Bonchev–Trinajstić information content (AvgIpc) is 2.68. The predicted octanol–water partition coefficient (Wildman–Crippen LogP) is -0.326. The molecule has 84 valence electrons. The molecule has 1 fully saturated rings. The van der Waals surface area contributed by atoms with Gasteiger partial charge in [0.2, 0.25) is 0 Å². The quantitative estimate of drug-likeness (QED) is 0.739. The van der Waals surface area contributed by atoms with Crippen molar-refractivity contribution in [3.05, 3.63) is 18.2 Å². The first-order valence-corrected chi connectivity index (χ1v) is 5.39. The third-order valence-electron chi connectivity index (χ3n) is 2.56. The maximum absolute atomic E-state index is 5.48. The second-order valence-corrected chi connectivity index (χ2v) is 3.78. The molecule has 2 heterocycles. The number of imidazole rings is 1. The van der Waals surface area contributed by atoms with Gasteiger partial charge in [-0.15, -0.1) is 0 Å². The summed E-state index contributed by atoms with van der Waals surface area (Å²) in [5.74, 6) is 0. The van der Waals surface area contributed by atoms with Crippen LogP contribution in [-0.2, 0) is 17.8 Å². The molecule has 0 amide bonds. The monoisotopic (exact) mass is 210 g/mol. The van der Waals surface area contributed by atoms with Crippen LogP contribution in [0.15, 0.2) is 12.5 Å². The number of nitrogens with two attached hydrogens (primary N) is 1. The van der Waals surface area contributed by atoms with Crippen LogP contribution in [0.3, 0.4) is 0 Å². The van der Waals surface area contributed by atoms with Gasteiger partial charge in [-0.05, 0) is 0 Å². The Bertz CT molecular complexity index is 293. The summed E-state index contributed by atoms with van der Waals surface area (Å²) in [6, 6.07) is 0. The number of hydrogen-bond donors (Lipinski definition) is 1. The van der Waals surface area contributed by atoms with Gasteiger partial charge in [-0.25, -0.2) is 4.98 Å². The molecule has 1 aromatic heterocycles. The van der Waals surface area contributed by atoms with E-state index >= 15 is 0 Å². The summed E-state index contributed by atoms with van der Waals surface area (Å²) in [6.45, 7) is 6.10. The van der Waals surface area contributed by atoms with Crippen LogP contribution >= 0.6 is 0 Å². The van der Waals surface area contributed by atoms with E-state index in [0.29, 0.717) is 6.54 Å². The van der Waals surface area contributed by atoms with Crippen molar-refractivity contribution < 1.29 is 4.74 Å². The van der Waals surface area contributed by atoms with Gasteiger partial charge >= 0.3 is 0 Å². The van der Waals surface area contributed by atoms with Crippen LogP contribution in [0.2, 0.25) is 0 Å².